The Morgan fingerprint density at radius 3 is 2.84 bits per heavy atom. The molecule has 2 aromatic carbocycles. The predicted octanol–water partition coefficient (Wildman–Crippen LogP) is 4.26. The minimum Gasteiger partial charge on any atom is -0.351 e. The van der Waals surface area contributed by atoms with Crippen molar-refractivity contribution < 1.29 is 4.79 Å². The molecule has 0 saturated carbocycles. The third-order valence-corrected chi connectivity index (χ3v) is 5.54. The van der Waals surface area contributed by atoms with Gasteiger partial charge >= 0.3 is 0 Å². The molecule has 1 aromatic heterocycles. The number of nitrogens with one attached hydrogen (secondary N) is 1. The van der Waals surface area contributed by atoms with Gasteiger partial charge < -0.3 is 5.32 Å². The lowest BCUT2D eigenvalue weighted by molar-refractivity contribution is -0.122. The Morgan fingerprint density at radius 2 is 2.08 bits per heavy atom. The smallest absolute Gasteiger partial charge is 0.234 e. The first-order chi connectivity index (χ1) is 12.0. The first-order valence-electron chi connectivity index (χ1n) is 8.10. The third kappa shape index (κ3) is 4.57. The molecule has 3 rings (SSSR count). The number of benzene rings is 2. The number of thiazole rings is 1. The van der Waals surface area contributed by atoms with Gasteiger partial charge in [0, 0.05) is 11.6 Å². The molecule has 0 saturated heterocycles. The Kier molecular flexibility index (Phi) is 5.68. The van der Waals surface area contributed by atoms with Gasteiger partial charge in [0.15, 0.2) is 0 Å². The predicted molar refractivity (Wildman–Crippen MR) is 104 cm³/mol. The number of para-hydroxylation sites is 1. The van der Waals surface area contributed by atoms with Crippen LogP contribution in [-0.2, 0) is 11.3 Å². The van der Waals surface area contributed by atoms with Crippen LogP contribution < -0.4 is 5.32 Å². The molecule has 1 amide bonds. The summed E-state index contributed by atoms with van der Waals surface area (Å²) in [5.74, 6) is -0.0181. The third-order valence-electron chi connectivity index (χ3n) is 4.10. The summed E-state index contributed by atoms with van der Waals surface area (Å²) < 4.78 is 1.17. The van der Waals surface area contributed by atoms with Crippen molar-refractivity contribution >= 4 is 39.1 Å². The summed E-state index contributed by atoms with van der Waals surface area (Å²) in [4.78, 5) is 18.9. The molecule has 130 valence electrons. The molecule has 1 N–H and O–H groups in total. The quantitative estimate of drug-likeness (QED) is 0.702. The second-order valence-corrected chi connectivity index (χ2v) is 7.52. The first-order valence-corrected chi connectivity index (χ1v) is 9.29. The summed E-state index contributed by atoms with van der Waals surface area (Å²) in [6.07, 6.45) is 0. The van der Waals surface area contributed by atoms with E-state index in [2.05, 4.69) is 23.3 Å². The molecule has 0 aliphatic heterocycles. The van der Waals surface area contributed by atoms with Crippen molar-refractivity contribution in [3.63, 3.8) is 0 Å². The van der Waals surface area contributed by atoms with Crippen molar-refractivity contribution in [3.8, 4) is 0 Å². The second-order valence-electron chi connectivity index (χ2n) is 6.02. The lowest BCUT2D eigenvalue weighted by Gasteiger charge is -2.22. The van der Waals surface area contributed by atoms with E-state index in [1.165, 1.54) is 4.70 Å². The highest BCUT2D eigenvalue weighted by Crippen LogP contribution is 2.28. The molecule has 1 heterocycles. The maximum absolute atomic E-state index is 12.2. The summed E-state index contributed by atoms with van der Waals surface area (Å²) in [5, 5.41) is 4.63. The van der Waals surface area contributed by atoms with Crippen molar-refractivity contribution in [1.82, 2.24) is 15.2 Å². The zero-order valence-electron chi connectivity index (χ0n) is 14.2. The van der Waals surface area contributed by atoms with Crippen LogP contribution in [0.3, 0.4) is 0 Å². The SMILES string of the molecule is C[C@@H](c1nc2ccccc2s1)N(C)CC(=O)NCc1cccc(Cl)c1. The minimum atomic E-state index is -0.0181. The normalized spacial score (nSPS) is 12.5. The fourth-order valence-corrected chi connectivity index (χ4v) is 3.82. The van der Waals surface area contributed by atoms with E-state index in [9.17, 15) is 4.79 Å². The largest absolute Gasteiger partial charge is 0.351 e. The topological polar surface area (TPSA) is 45.2 Å². The van der Waals surface area contributed by atoms with E-state index in [0.717, 1.165) is 16.1 Å². The fourth-order valence-electron chi connectivity index (χ4n) is 2.52. The van der Waals surface area contributed by atoms with Gasteiger partial charge in [-0.05, 0) is 43.8 Å². The molecule has 0 spiro atoms. The number of aromatic nitrogens is 1. The number of amides is 1. The van der Waals surface area contributed by atoms with Gasteiger partial charge in [-0.25, -0.2) is 4.98 Å². The van der Waals surface area contributed by atoms with Crippen molar-refractivity contribution in [2.75, 3.05) is 13.6 Å². The zero-order chi connectivity index (χ0) is 17.8. The Labute approximate surface area is 156 Å². The van der Waals surface area contributed by atoms with Gasteiger partial charge in [0.05, 0.1) is 22.8 Å². The lowest BCUT2D eigenvalue weighted by Crippen LogP contribution is -2.36. The van der Waals surface area contributed by atoms with Crippen LogP contribution in [0.4, 0.5) is 0 Å². The Hall–Kier alpha value is -1.95. The van der Waals surface area contributed by atoms with Crippen molar-refractivity contribution in [2.24, 2.45) is 0 Å². The molecule has 25 heavy (non-hydrogen) atoms. The van der Waals surface area contributed by atoms with E-state index in [-0.39, 0.29) is 11.9 Å². The monoisotopic (exact) mass is 373 g/mol. The summed E-state index contributed by atoms with van der Waals surface area (Å²) in [6.45, 7) is 2.86. The summed E-state index contributed by atoms with van der Waals surface area (Å²) in [5.41, 5.74) is 2.00. The van der Waals surface area contributed by atoms with E-state index in [1.807, 2.05) is 54.4 Å². The number of hydrogen-bond donors (Lipinski definition) is 1. The van der Waals surface area contributed by atoms with E-state index in [0.29, 0.717) is 18.1 Å². The molecule has 0 bridgehead atoms. The van der Waals surface area contributed by atoms with E-state index < -0.39 is 0 Å². The molecule has 0 fully saturated rings. The van der Waals surface area contributed by atoms with Crippen LogP contribution >= 0.6 is 22.9 Å². The van der Waals surface area contributed by atoms with Crippen LogP contribution in [0, 0.1) is 0 Å². The molecule has 6 heteroatoms. The molecule has 4 nitrogen and oxygen atoms in total. The number of rotatable bonds is 6. The fraction of sp³-hybridized carbons (Fsp3) is 0.263. The highest BCUT2D eigenvalue weighted by Gasteiger charge is 2.18. The van der Waals surface area contributed by atoms with Crippen LogP contribution in [0.1, 0.15) is 23.5 Å². The number of fused-ring (bicyclic) bond motifs is 1. The van der Waals surface area contributed by atoms with Gasteiger partial charge in [-0.15, -0.1) is 11.3 Å². The van der Waals surface area contributed by atoms with Gasteiger partial charge in [0.2, 0.25) is 5.91 Å². The number of hydrogen-bond acceptors (Lipinski definition) is 4. The molecule has 3 aromatic rings. The van der Waals surface area contributed by atoms with Crippen LogP contribution in [0.15, 0.2) is 48.5 Å². The minimum absolute atomic E-state index is 0.0181. The van der Waals surface area contributed by atoms with Crippen LogP contribution in [0.5, 0.6) is 0 Å². The molecular weight excluding hydrogens is 354 g/mol. The number of likely N-dealkylation sites (N-methyl/N-ethyl adjacent to an activating group) is 1. The average Bonchev–Trinajstić information content (AvgIpc) is 3.03. The summed E-state index contributed by atoms with van der Waals surface area (Å²) in [7, 11) is 1.94. The Bertz CT molecular complexity index is 847. The van der Waals surface area contributed by atoms with E-state index in [4.69, 9.17) is 11.6 Å². The molecule has 1 atom stereocenters. The highest BCUT2D eigenvalue weighted by molar-refractivity contribution is 7.18. The first kappa shape index (κ1) is 17.9. The average molecular weight is 374 g/mol. The Balaban J connectivity index is 1.57. The van der Waals surface area contributed by atoms with Gasteiger partial charge in [0.25, 0.3) is 0 Å². The number of carbonyl (C=O) groups excluding carboxylic acids is 1. The molecule has 0 aliphatic rings. The number of nitrogens with zero attached hydrogens (tertiary/aromatic N) is 2. The zero-order valence-corrected chi connectivity index (χ0v) is 15.8. The second kappa shape index (κ2) is 7.95. The van der Waals surface area contributed by atoms with Gasteiger partial charge in [0.1, 0.15) is 5.01 Å². The van der Waals surface area contributed by atoms with Gasteiger partial charge in [-0.1, -0.05) is 35.9 Å². The summed E-state index contributed by atoms with van der Waals surface area (Å²) >= 11 is 7.63. The van der Waals surface area contributed by atoms with Crippen molar-refractivity contribution in [2.45, 2.75) is 19.5 Å². The van der Waals surface area contributed by atoms with Crippen molar-refractivity contribution in [1.29, 1.82) is 0 Å². The molecule has 0 unspecified atom stereocenters. The standard InChI is InChI=1S/C19H20ClN3OS/c1-13(19-22-16-8-3-4-9-17(16)25-19)23(2)12-18(24)21-11-14-6-5-7-15(20)10-14/h3-10,13H,11-12H2,1-2H3,(H,21,24)/t13-/m0/s1. The lowest BCUT2D eigenvalue weighted by atomic mass is 10.2. The molecule has 0 radical (unpaired) electrons. The van der Waals surface area contributed by atoms with Crippen LogP contribution in [-0.4, -0.2) is 29.4 Å². The number of carbonyl (C=O) groups is 1. The van der Waals surface area contributed by atoms with E-state index in [1.54, 1.807) is 11.3 Å². The molecular formula is C19H20ClN3OS. The van der Waals surface area contributed by atoms with Crippen LogP contribution in [0.25, 0.3) is 10.2 Å². The van der Waals surface area contributed by atoms with Crippen molar-refractivity contribution in [3.05, 3.63) is 64.1 Å². The van der Waals surface area contributed by atoms with Gasteiger partial charge in [-0.2, -0.15) is 0 Å². The van der Waals surface area contributed by atoms with Crippen LogP contribution in [0.2, 0.25) is 5.02 Å². The van der Waals surface area contributed by atoms with E-state index >= 15 is 0 Å². The maximum Gasteiger partial charge on any atom is 0.234 e. The number of halogens is 1. The maximum atomic E-state index is 12.2. The Morgan fingerprint density at radius 1 is 1.28 bits per heavy atom. The van der Waals surface area contributed by atoms with Gasteiger partial charge in [-0.3, -0.25) is 9.69 Å². The summed E-state index contributed by atoms with van der Waals surface area (Å²) in [6, 6.07) is 15.7. The highest BCUT2D eigenvalue weighted by atomic mass is 35.5. The molecule has 0 aliphatic carbocycles.